The Kier molecular flexibility index (Phi) is 3.32. The quantitative estimate of drug-likeness (QED) is 0.776. The summed E-state index contributed by atoms with van der Waals surface area (Å²) < 4.78 is 1.83. The summed E-state index contributed by atoms with van der Waals surface area (Å²) in [6.07, 6.45) is 0.427. The predicted octanol–water partition coefficient (Wildman–Crippen LogP) is 2.77. The van der Waals surface area contributed by atoms with Crippen LogP contribution in [-0.2, 0) is 13.5 Å². The van der Waals surface area contributed by atoms with Crippen LogP contribution in [0.5, 0.6) is 0 Å². The third kappa shape index (κ3) is 2.21. The van der Waals surface area contributed by atoms with Crippen molar-refractivity contribution in [3.8, 4) is 0 Å². The van der Waals surface area contributed by atoms with E-state index in [0.29, 0.717) is 6.42 Å². The van der Waals surface area contributed by atoms with E-state index in [4.69, 9.17) is 0 Å². The summed E-state index contributed by atoms with van der Waals surface area (Å²) in [5.41, 5.74) is 4.89. The average Bonchev–Trinajstić information content (AvgIpc) is 2.56. The standard InChI is InChI=1S/C15H18N2O/c1-10-7-5-6-8-13(10)15(18)9-14-11(2)16-17(4)12(14)3/h5-8H,9H2,1-4H3. The van der Waals surface area contributed by atoms with E-state index < -0.39 is 0 Å². The molecule has 0 fully saturated rings. The Morgan fingerprint density at radius 1 is 1.22 bits per heavy atom. The molecule has 1 aromatic carbocycles. The molecule has 94 valence electrons. The van der Waals surface area contributed by atoms with Crippen LogP contribution in [0, 0.1) is 20.8 Å². The molecule has 2 aromatic rings. The smallest absolute Gasteiger partial charge is 0.167 e. The lowest BCUT2D eigenvalue weighted by atomic mass is 9.98. The second kappa shape index (κ2) is 4.77. The molecule has 0 N–H and O–H groups in total. The molecule has 1 aromatic heterocycles. The molecule has 3 heteroatoms. The van der Waals surface area contributed by atoms with Crippen molar-refractivity contribution in [2.75, 3.05) is 0 Å². The maximum atomic E-state index is 12.3. The van der Waals surface area contributed by atoms with E-state index in [1.807, 2.05) is 56.8 Å². The SMILES string of the molecule is Cc1ccccc1C(=O)Cc1c(C)nn(C)c1C. The molecule has 0 radical (unpaired) electrons. The van der Waals surface area contributed by atoms with Crippen molar-refractivity contribution in [2.45, 2.75) is 27.2 Å². The summed E-state index contributed by atoms with van der Waals surface area (Å²) in [6, 6.07) is 7.71. The van der Waals surface area contributed by atoms with E-state index in [0.717, 1.165) is 28.1 Å². The van der Waals surface area contributed by atoms with Crippen molar-refractivity contribution in [1.82, 2.24) is 9.78 Å². The van der Waals surface area contributed by atoms with Crippen molar-refractivity contribution in [3.63, 3.8) is 0 Å². The zero-order valence-corrected chi connectivity index (χ0v) is 11.3. The summed E-state index contributed by atoms with van der Waals surface area (Å²) in [7, 11) is 1.91. The molecule has 0 saturated heterocycles. The van der Waals surface area contributed by atoms with Gasteiger partial charge in [-0.05, 0) is 26.3 Å². The number of nitrogens with zero attached hydrogens (tertiary/aromatic N) is 2. The van der Waals surface area contributed by atoms with Gasteiger partial charge in [0.1, 0.15) is 0 Å². The lowest BCUT2D eigenvalue weighted by Crippen LogP contribution is -2.07. The maximum absolute atomic E-state index is 12.3. The van der Waals surface area contributed by atoms with Crippen LogP contribution in [0.1, 0.15) is 32.9 Å². The minimum absolute atomic E-state index is 0.160. The molecule has 3 nitrogen and oxygen atoms in total. The summed E-state index contributed by atoms with van der Waals surface area (Å²) in [4.78, 5) is 12.3. The highest BCUT2D eigenvalue weighted by molar-refractivity contribution is 5.98. The van der Waals surface area contributed by atoms with Gasteiger partial charge < -0.3 is 0 Å². The minimum atomic E-state index is 0.160. The first kappa shape index (κ1) is 12.6. The van der Waals surface area contributed by atoms with Crippen molar-refractivity contribution >= 4 is 5.78 Å². The number of benzene rings is 1. The first-order chi connectivity index (χ1) is 8.50. The summed E-state index contributed by atoms with van der Waals surface area (Å²) in [5, 5.41) is 4.34. The molecular formula is C15H18N2O. The fraction of sp³-hybridized carbons (Fsp3) is 0.333. The molecular weight excluding hydrogens is 224 g/mol. The molecule has 1 heterocycles. The Bertz CT molecular complexity index is 597. The molecule has 0 aliphatic carbocycles. The largest absolute Gasteiger partial charge is 0.294 e. The summed E-state index contributed by atoms with van der Waals surface area (Å²) in [5.74, 6) is 0.160. The van der Waals surface area contributed by atoms with Gasteiger partial charge in [-0.3, -0.25) is 9.48 Å². The highest BCUT2D eigenvalue weighted by atomic mass is 16.1. The molecule has 2 rings (SSSR count). The summed E-state index contributed by atoms with van der Waals surface area (Å²) >= 11 is 0. The van der Waals surface area contributed by atoms with E-state index in [2.05, 4.69) is 5.10 Å². The molecule has 0 saturated carbocycles. The maximum Gasteiger partial charge on any atom is 0.167 e. The van der Waals surface area contributed by atoms with Crippen LogP contribution in [0.4, 0.5) is 0 Å². The third-order valence-corrected chi connectivity index (χ3v) is 3.44. The molecule has 0 spiro atoms. The monoisotopic (exact) mass is 242 g/mol. The van der Waals surface area contributed by atoms with Crippen LogP contribution in [0.2, 0.25) is 0 Å². The molecule has 0 unspecified atom stereocenters. The average molecular weight is 242 g/mol. The number of carbonyl (C=O) groups is 1. The molecule has 0 bridgehead atoms. The van der Waals surface area contributed by atoms with Crippen LogP contribution in [-0.4, -0.2) is 15.6 Å². The topological polar surface area (TPSA) is 34.9 Å². The Morgan fingerprint density at radius 3 is 2.44 bits per heavy atom. The number of ketones is 1. The van der Waals surface area contributed by atoms with Gasteiger partial charge in [0.15, 0.2) is 5.78 Å². The van der Waals surface area contributed by atoms with Crippen molar-refractivity contribution in [2.24, 2.45) is 7.05 Å². The fourth-order valence-corrected chi connectivity index (χ4v) is 2.21. The van der Waals surface area contributed by atoms with Gasteiger partial charge in [0.05, 0.1) is 5.69 Å². The van der Waals surface area contributed by atoms with E-state index in [1.54, 1.807) is 0 Å². The van der Waals surface area contributed by atoms with Crippen LogP contribution < -0.4 is 0 Å². The Morgan fingerprint density at radius 2 is 1.89 bits per heavy atom. The Hall–Kier alpha value is -1.90. The van der Waals surface area contributed by atoms with Gasteiger partial charge in [0.25, 0.3) is 0 Å². The van der Waals surface area contributed by atoms with Gasteiger partial charge in [-0.25, -0.2) is 0 Å². The zero-order valence-electron chi connectivity index (χ0n) is 11.3. The van der Waals surface area contributed by atoms with Crippen LogP contribution >= 0.6 is 0 Å². The predicted molar refractivity (Wildman–Crippen MR) is 71.9 cm³/mol. The first-order valence-electron chi connectivity index (χ1n) is 6.08. The number of hydrogen-bond donors (Lipinski definition) is 0. The van der Waals surface area contributed by atoms with E-state index >= 15 is 0 Å². The summed E-state index contributed by atoms with van der Waals surface area (Å²) in [6.45, 7) is 5.92. The van der Waals surface area contributed by atoms with Gasteiger partial charge in [-0.1, -0.05) is 24.3 Å². The fourth-order valence-electron chi connectivity index (χ4n) is 2.21. The van der Waals surface area contributed by atoms with E-state index in [9.17, 15) is 4.79 Å². The number of Topliss-reactive ketones (excluding diaryl/α,β-unsaturated/α-hetero) is 1. The molecule has 18 heavy (non-hydrogen) atoms. The normalized spacial score (nSPS) is 10.7. The number of aryl methyl sites for hydroxylation is 3. The molecule has 0 amide bonds. The number of carbonyl (C=O) groups excluding carboxylic acids is 1. The van der Waals surface area contributed by atoms with Gasteiger partial charge in [-0.15, -0.1) is 0 Å². The lowest BCUT2D eigenvalue weighted by Gasteiger charge is -2.05. The highest BCUT2D eigenvalue weighted by Gasteiger charge is 2.15. The van der Waals surface area contributed by atoms with Crippen molar-refractivity contribution in [3.05, 3.63) is 52.3 Å². The molecule has 0 aliphatic rings. The van der Waals surface area contributed by atoms with Gasteiger partial charge in [-0.2, -0.15) is 5.10 Å². The number of hydrogen-bond acceptors (Lipinski definition) is 2. The van der Waals surface area contributed by atoms with Gasteiger partial charge in [0, 0.05) is 30.3 Å². The number of aromatic nitrogens is 2. The van der Waals surface area contributed by atoms with Crippen LogP contribution in [0.15, 0.2) is 24.3 Å². The Labute approximate surface area is 107 Å². The van der Waals surface area contributed by atoms with E-state index in [-0.39, 0.29) is 5.78 Å². The molecule has 0 aliphatic heterocycles. The Balaban J connectivity index is 2.30. The second-order valence-electron chi connectivity index (χ2n) is 4.69. The minimum Gasteiger partial charge on any atom is -0.294 e. The van der Waals surface area contributed by atoms with Crippen molar-refractivity contribution in [1.29, 1.82) is 0 Å². The zero-order chi connectivity index (χ0) is 13.3. The van der Waals surface area contributed by atoms with Gasteiger partial charge in [0.2, 0.25) is 0 Å². The first-order valence-corrected chi connectivity index (χ1v) is 6.08. The lowest BCUT2D eigenvalue weighted by molar-refractivity contribution is 0.0992. The van der Waals surface area contributed by atoms with Crippen molar-refractivity contribution < 1.29 is 4.79 Å². The highest BCUT2D eigenvalue weighted by Crippen LogP contribution is 2.16. The van der Waals surface area contributed by atoms with Crippen LogP contribution in [0.3, 0.4) is 0 Å². The van der Waals surface area contributed by atoms with Gasteiger partial charge >= 0.3 is 0 Å². The van der Waals surface area contributed by atoms with Crippen LogP contribution in [0.25, 0.3) is 0 Å². The number of rotatable bonds is 3. The molecule has 0 atom stereocenters. The van der Waals surface area contributed by atoms with E-state index in [1.165, 1.54) is 0 Å². The third-order valence-electron chi connectivity index (χ3n) is 3.44. The second-order valence-corrected chi connectivity index (χ2v) is 4.69.